The van der Waals surface area contributed by atoms with Gasteiger partial charge >= 0.3 is 0 Å². The number of nitrogens with zero attached hydrogens (tertiary/aromatic N) is 1. The van der Waals surface area contributed by atoms with Gasteiger partial charge in [-0.05, 0) is 13.0 Å². The molecule has 0 bridgehead atoms. The van der Waals surface area contributed by atoms with Crippen LogP contribution in [0.2, 0.25) is 0 Å². The van der Waals surface area contributed by atoms with Gasteiger partial charge in [0.05, 0.1) is 24.7 Å². The first-order valence-corrected chi connectivity index (χ1v) is 6.14. The molecule has 1 aromatic rings. The molecule has 8 nitrogen and oxygen atoms in total. The monoisotopic (exact) mass is 285 g/mol. The second-order valence-electron chi connectivity index (χ2n) is 4.44. The molecule has 0 saturated carbocycles. The standard InChI is InChI=1S/C12H19N3O5/c1-2-13-9-3-10(5-11(4-9)15(19)20)14-12(6-16,7-17)8-18/h3-5,13-14,16-18H,2,6-8H2,1H3. The zero-order valence-electron chi connectivity index (χ0n) is 11.2. The quantitative estimate of drug-likeness (QED) is 0.340. The maximum absolute atomic E-state index is 10.9. The van der Waals surface area contributed by atoms with Crippen LogP contribution in [0.5, 0.6) is 0 Å². The number of hydrogen-bond donors (Lipinski definition) is 5. The third-order valence-corrected chi connectivity index (χ3v) is 2.83. The first kappa shape index (κ1) is 16.2. The van der Waals surface area contributed by atoms with Crippen molar-refractivity contribution < 1.29 is 20.2 Å². The van der Waals surface area contributed by atoms with Crippen LogP contribution in [0.4, 0.5) is 17.1 Å². The third-order valence-electron chi connectivity index (χ3n) is 2.83. The molecule has 0 aromatic heterocycles. The van der Waals surface area contributed by atoms with E-state index in [4.69, 9.17) is 0 Å². The van der Waals surface area contributed by atoms with Gasteiger partial charge in [-0.25, -0.2) is 0 Å². The summed E-state index contributed by atoms with van der Waals surface area (Å²) in [6, 6.07) is 4.26. The van der Waals surface area contributed by atoms with Crippen LogP contribution in [0.1, 0.15) is 6.92 Å². The van der Waals surface area contributed by atoms with E-state index in [2.05, 4.69) is 10.6 Å². The molecule has 0 heterocycles. The highest BCUT2D eigenvalue weighted by Gasteiger charge is 2.28. The number of hydrogen-bond acceptors (Lipinski definition) is 7. The molecule has 0 unspecified atom stereocenters. The minimum absolute atomic E-state index is 0.131. The molecule has 0 aliphatic heterocycles. The molecule has 1 rings (SSSR count). The molecule has 0 radical (unpaired) electrons. The van der Waals surface area contributed by atoms with E-state index in [1.54, 1.807) is 6.07 Å². The first-order chi connectivity index (χ1) is 9.50. The molecule has 0 spiro atoms. The Morgan fingerprint density at radius 2 is 1.70 bits per heavy atom. The summed E-state index contributed by atoms with van der Waals surface area (Å²) in [5.41, 5.74) is -0.605. The lowest BCUT2D eigenvalue weighted by Gasteiger charge is -2.30. The number of nitrogens with one attached hydrogen (secondary N) is 2. The topological polar surface area (TPSA) is 128 Å². The summed E-state index contributed by atoms with van der Waals surface area (Å²) in [5.74, 6) is 0. The lowest BCUT2D eigenvalue weighted by molar-refractivity contribution is -0.384. The molecule has 0 amide bonds. The fourth-order valence-electron chi connectivity index (χ4n) is 1.67. The van der Waals surface area contributed by atoms with Gasteiger partial charge in [0.25, 0.3) is 5.69 Å². The van der Waals surface area contributed by atoms with E-state index in [0.717, 1.165) is 0 Å². The Morgan fingerprint density at radius 3 is 2.15 bits per heavy atom. The normalized spacial score (nSPS) is 11.2. The minimum Gasteiger partial charge on any atom is -0.394 e. The number of non-ortho nitro benzene ring substituents is 1. The van der Waals surface area contributed by atoms with Crippen LogP contribution in [0, 0.1) is 10.1 Å². The average Bonchev–Trinajstić information content (AvgIpc) is 2.45. The predicted molar refractivity (Wildman–Crippen MR) is 74.9 cm³/mol. The van der Waals surface area contributed by atoms with Crippen molar-refractivity contribution in [1.82, 2.24) is 0 Å². The molecule has 0 aliphatic carbocycles. The predicted octanol–water partition coefficient (Wildman–Crippen LogP) is 0.154. The van der Waals surface area contributed by atoms with E-state index >= 15 is 0 Å². The molecule has 0 fully saturated rings. The molecule has 20 heavy (non-hydrogen) atoms. The molecule has 5 N–H and O–H groups in total. The number of nitro groups is 1. The summed E-state index contributed by atoms with van der Waals surface area (Å²) in [6.45, 7) is 0.898. The number of aliphatic hydroxyl groups excluding tert-OH is 3. The largest absolute Gasteiger partial charge is 0.394 e. The van der Waals surface area contributed by atoms with Crippen LogP contribution < -0.4 is 10.6 Å². The highest BCUT2D eigenvalue weighted by Crippen LogP contribution is 2.26. The smallest absolute Gasteiger partial charge is 0.273 e. The van der Waals surface area contributed by atoms with E-state index < -0.39 is 30.3 Å². The van der Waals surface area contributed by atoms with Crippen LogP contribution in [0.15, 0.2) is 18.2 Å². The summed E-state index contributed by atoms with van der Waals surface area (Å²) < 4.78 is 0. The zero-order chi connectivity index (χ0) is 15.2. The average molecular weight is 285 g/mol. The van der Waals surface area contributed by atoms with Crippen LogP contribution >= 0.6 is 0 Å². The van der Waals surface area contributed by atoms with Crippen LogP contribution in [-0.4, -0.2) is 52.1 Å². The first-order valence-electron chi connectivity index (χ1n) is 6.14. The van der Waals surface area contributed by atoms with Crippen molar-refractivity contribution in [3.05, 3.63) is 28.3 Å². The van der Waals surface area contributed by atoms with E-state index in [1.165, 1.54) is 12.1 Å². The number of anilines is 2. The van der Waals surface area contributed by atoms with Crippen LogP contribution in [-0.2, 0) is 0 Å². The number of benzene rings is 1. The Bertz CT molecular complexity index is 454. The number of aliphatic hydroxyl groups is 3. The van der Waals surface area contributed by atoms with Gasteiger partial charge in [0.2, 0.25) is 0 Å². The zero-order valence-corrected chi connectivity index (χ0v) is 11.2. The van der Waals surface area contributed by atoms with Crippen molar-refractivity contribution in [3.63, 3.8) is 0 Å². The van der Waals surface area contributed by atoms with Gasteiger partial charge in [-0.2, -0.15) is 0 Å². The van der Waals surface area contributed by atoms with E-state index in [1.807, 2.05) is 6.92 Å². The van der Waals surface area contributed by atoms with Crippen molar-refractivity contribution in [2.45, 2.75) is 12.5 Å². The lowest BCUT2D eigenvalue weighted by atomic mass is 10.0. The molecule has 0 aliphatic rings. The van der Waals surface area contributed by atoms with E-state index in [0.29, 0.717) is 17.9 Å². The summed E-state index contributed by atoms with van der Waals surface area (Å²) in [5, 5.41) is 44.3. The summed E-state index contributed by atoms with van der Waals surface area (Å²) in [6.07, 6.45) is 0. The Balaban J connectivity index is 3.12. The van der Waals surface area contributed by atoms with Crippen molar-refractivity contribution in [2.75, 3.05) is 37.0 Å². The molecule has 1 aromatic carbocycles. The second kappa shape index (κ2) is 7.04. The minimum atomic E-state index is -1.33. The van der Waals surface area contributed by atoms with Gasteiger partial charge in [-0.1, -0.05) is 0 Å². The van der Waals surface area contributed by atoms with Gasteiger partial charge in [0.15, 0.2) is 0 Å². The molecule has 0 atom stereocenters. The maximum atomic E-state index is 10.9. The van der Waals surface area contributed by atoms with Gasteiger partial charge in [-0.15, -0.1) is 0 Å². The lowest BCUT2D eigenvalue weighted by Crippen LogP contribution is -2.49. The van der Waals surface area contributed by atoms with Crippen molar-refractivity contribution in [2.24, 2.45) is 0 Å². The van der Waals surface area contributed by atoms with Crippen molar-refractivity contribution in [1.29, 1.82) is 0 Å². The fraction of sp³-hybridized carbons (Fsp3) is 0.500. The van der Waals surface area contributed by atoms with Crippen molar-refractivity contribution >= 4 is 17.1 Å². The number of nitro benzene ring substituents is 1. The Morgan fingerprint density at radius 1 is 1.15 bits per heavy atom. The molecular formula is C12H19N3O5. The Hall–Kier alpha value is -1.90. The molecule has 0 saturated heterocycles. The van der Waals surface area contributed by atoms with E-state index in [9.17, 15) is 25.4 Å². The van der Waals surface area contributed by atoms with Gasteiger partial charge in [-0.3, -0.25) is 10.1 Å². The van der Waals surface area contributed by atoms with Crippen LogP contribution in [0.3, 0.4) is 0 Å². The molecular weight excluding hydrogens is 266 g/mol. The summed E-state index contributed by atoms with van der Waals surface area (Å²) in [7, 11) is 0. The fourth-order valence-corrected chi connectivity index (χ4v) is 1.67. The second-order valence-corrected chi connectivity index (χ2v) is 4.44. The summed E-state index contributed by atoms with van der Waals surface area (Å²) in [4.78, 5) is 10.3. The molecule has 8 heteroatoms. The SMILES string of the molecule is CCNc1cc(NC(CO)(CO)CO)cc([N+](=O)[O-])c1. The van der Waals surface area contributed by atoms with Gasteiger partial charge in [0, 0.05) is 30.1 Å². The van der Waals surface area contributed by atoms with E-state index in [-0.39, 0.29) is 5.69 Å². The van der Waals surface area contributed by atoms with Crippen molar-refractivity contribution in [3.8, 4) is 0 Å². The highest BCUT2D eigenvalue weighted by molar-refractivity contribution is 5.64. The number of rotatable bonds is 8. The van der Waals surface area contributed by atoms with Gasteiger partial charge in [0.1, 0.15) is 5.54 Å². The third kappa shape index (κ3) is 3.80. The highest BCUT2D eigenvalue weighted by atomic mass is 16.6. The van der Waals surface area contributed by atoms with Crippen LogP contribution in [0.25, 0.3) is 0 Å². The maximum Gasteiger partial charge on any atom is 0.273 e. The Labute approximate surface area is 116 Å². The Kier molecular flexibility index (Phi) is 5.68. The molecule has 112 valence electrons. The van der Waals surface area contributed by atoms with Gasteiger partial charge < -0.3 is 26.0 Å². The summed E-state index contributed by atoms with van der Waals surface area (Å²) >= 11 is 0.